The summed E-state index contributed by atoms with van der Waals surface area (Å²) < 4.78 is 26.6. The van der Waals surface area contributed by atoms with Crippen LogP contribution in [0.25, 0.3) is 0 Å². The number of piperazine rings is 1. The number of benzene rings is 1. The normalized spacial score (nSPS) is 16.2. The van der Waals surface area contributed by atoms with E-state index in [2.05, 4.69) is 0 Å². The van der Waals surface area contributed by atoms with Gasteiger partial charge in [0.2, 0.25) is 21.8 Å². The molecule has 2 rings (SSSR count). The first kappa shape index (κ1) is 24.4. The van der Waals surface area contributed by atoms with Crippen LogP contribution in [0.15, 0.2) is 35.2 Å². The lowest BCUT2D eigenvalue weighted by atomic mass is 10.2. The van der Waals surface area contributed by atoms with E-state index >= 15 is 0 Å². The van der Waals surface area contributed by atoms with Gasteiger partial charge in [-0.25, -0.2) is 8.42 Å². The van der Waals surface area contributed by atoms with Crippen LogP contribution in [-0.2, 0) is 19.6 Å². The molecular weight excluding hydrogens is 404 g/mol. The maximum absolute atomic E-state index is 12.6. The smallest absolute Gasteiger partial charge is 0.243 e. The van der Waals surface area contributed by atoms with E-state index in [0.29, 0.717) is 19.6 Å². The maximum atomic E-state index is 12.6. The summed E-state index contributed by atoms with van der Waals surface area (Å²) in [6.07, 6.45) is 0.244. The highest BCUT2D eigenvalue weighted by Gasteiger charge is 2.30. The van der Waals surface area contributed by atoms with Crippen molar-refractivity contribution in [3.8, 4) is 0 Å². The molecule has 1 aliphatic heterocycles. The SMILES string of the molecule is CC(CN)N(C)C(=O)CCC(=O)N1CCN(S(=O)(=O)c2ccccc2)CC1.Cl. The number of nitrogens with zero attached hydrogens (tertiary/aromatic N) is 3. The van der Waals surface area contributed by atoms with E-state index in [4.69, 9.17) is 5.73 Å². The average molecular weight is 433 g/mol. The van der Waals surface area contributed by atoms with Gasteiger partial charge in [-0.3, -0.25) is 9.59 Å². The Balaban J connectivity index is 0.00000392. The van der Waals surface area contributed by atoms with Crippen LogP contribution in [-0.4, -0.2) is 80.2 Å². The van der Waals surface area contributed by atoms with E-state index in [1.165, 1.54) is 4.31 Å². The van der Waals surface area contributed by atoms with E-state index in [0.717, 1.165) is 0 Å². The number of rotatable bonds is 7. The molecule has 0 aromatic heterocycles. The van der Waals surface area contributed by atoms with Gasteiger partial charge in [0.15, 0.2) is 0 Å². The Morgan fingerprint density at radius 3 is 2.21 bits per heavy atom. The number of likely N-dealkylation sites (N-methyl/N-ethyl adjacent to an activating group) is 1. The van der Waals surface area contributed by atoms with E-state index in [1.807, 2.05) is 6.92 Å². The summed E-state index contributed by atoms with van der Waals surface area (Å²) in [6, 6.07) is 8.20. The molecule has 158 valence electrons. The van der Waals surface area contributed by atoms with Gasteiger partial charge < -0.3 is 15.5 Å². The first-order chi connectivity index (χ1) is 12.8. The molecule has 0 spiro atoms. The minimum absolute atomic E-state index is 0. The van der Waals surface area contributed by atoms with Gasteiger partial charge >= 0.3 is 0 Å². The van der Waals surface area contributed by atoms with Crippen molar-refractivity contribution in [3.05, 3.63) is 30.3 Å². The fraction of sp³-hybridized carbons (Fsp3) is 0.556. The molecular formula is C18H29ClN4O4S. The summed E-state index contributed by atoms with van der Waals surface area (Å²) in [5, 5.41) is 0. The van der Waals surface area contributed by atoms with Crippen molar-refractivity contribution in [1.29, 1.82) is 0 Å². The van der Waals surface area contributed by atoms with E-state index < -0.39 is 10.0 Å². The molecule has 10 heteroatoms. The van der Waals surface area contributed by atoms with Crippen molar-refractivity contribution in [3.63, 3.8) is 0 Å². The van der Waals surface area contributed by atoms with Crippen molar-refractivity contribution >= 4 is 34.2 Å². The highest BCUT2D eigenvalue weighted by molar-refractivity contribution is 7.89. The molecule has 1 heterocycles. The molecule has 1 aromatic rings. The minimum atomic E-state index is -3.54. The molecule has 8 nitrogen and oxygen atoms in total. The predicted molar refractivity (Wildman–Crippen MR) is 110 cm³/mol. The molecule has 0 bridgehead atoms. The van der Waals surface area contributed by atoms with Gasteiger partial charge in [-0.15, -0.1) is 12.4 Å². The lowest BCUT2D eigenvalue weighted by Crippen LogP contribution is -2.50. The molecule has 0 radical (unpaired) electrons. The largest absolute Gasteiger partial charge is 0.342 e. The number of carbonyl (C=O) groups excluding carboxylic acids is 2. The average Bonchev–Trinajstić information content (AvgIpc) is 2.71. The zero-order valence-electron chi connectivity index (χ0n) is 16.3. The molecule has 28 heavy (non-hydrogen) atoms. The topological polar surface area (TPSA) is 104 Å². The zero-order valence-corrected chi connectivity index (χ0v) is 17.9. The van der Waals surface area contributed by atoms with Crippen LogP contribution < -0.4 is 5.73 Å². The second-order valence-corrected chi connectivity index (χ2v) is 8.63. The third kappa shape index (κ3) is 5.91. The lowest BCUT2D eigenvalue weighted by molar-refractivity contribution is -0.137. The summed E-state index contributed by atoms with van der Waals surface area (Å²) in [5.41, 5.74) is 5.55. The Labute approximate surface area is 173 Å². The van der Waals surface area contributed by atoms with Crippen LogP contribution in [0.4, 0.5) is 0 Å². The molecule has 1 aliphatic rings. The number of nitrogens with two attached hydrogens (primary N) is 1. The number of hydrogen-bond acceptors (Lipinski definition) is 5. The van der Waals surface area contributed by atoms with Gasteiger partial charge in [0, 0.05) is 58.7 Å². The Bertz CT molecular complexity index is 752. The quantitative estimate of drug-likeness (QED) is 0.676. The molecule has 0 aliphatic carbocycles. The zero-order chi connectivity index (χ0) is 20.0. The van der Waals surface area contributed by atoms with Gasteiger partial charge in [-0.05, 0) is 19.1 Å². The molecule has 0 saturated carbocycles. The highest BCUT2D eigenvalue weighted by atomic mass is 35.5. The number of halogens is 1. The van der Waals surface area contributed by atoms with Crippen molar-refractivity contribution in [2.45, 2.75) is 30.7 Å². The number of amides is 2. The predicted octanol–water partition coefficient (Wildman–Crippen LogP) is 0.527. The summed E-state index contributed by atoms with van der Waals surface area (Å²) in [5.74, 6) is -0.250. The molecule has 2 amide bonds. The summed E-state index contributed by atoms with van der Waals surface area (Å²) in [6.45, 7) is 3.38. The van der Waals surface area contributed by atoms with Crippen molar-refractivity contribution in [2.75, 3.05) is 39.8 Å². The molecule has 1 aromatic carbocycles. The van der Waals surface area contributed by atoms with Gasteiger partial charge in [0.1, 0.15) is 0 Å². The third-order valence-corrected chi connectivity index (χ3v) is 6.83. The first-order valence-electron chi connectivity index (χ1n) is 9.06. The van der Waals surface area contributed by atoms with E-state index in [9.17, 15) is 18.0 Å². The number of hydrogen-bond donors (Lipinski definition) is 1. The van der Waals surface area contributed by atoms with Crippen LogP contribution >= 0.6 is 12.4 Å². The molecule has 2 N–H and O–H groups in total. The van der Waals surface area contributed by atoms with Gasteiger partial charge in [0.25, 0.3) is 0 Å². The third-order valence-electron chi connectivity index (χ3n) is 4.92. The monoisotopic (exact) mass is 432 g/mol. The second kappa shape index (κ2) is 10.8. The molecule has 1 atom stereocenters. The van der Waals surface area contributed by atoms with E-state index in [1.54, 1.807) is 47.2 Å². The van der Waals surface area contributed by atoms with Crippen LogP contribution in [0.3, 0.4) is 0 Å². The number of sulfonamides is 1. The molecule has 1 fully saturated rings. The molecule has 1 saturated heterocycles. The second-order valence-electron chi connectivity index (χ2n) is 6.69. The van der Waals surface area contributed by atoms with Gasteiger partial charge in [0.05, 0.1) is 4.90 Å². The summed E-state index contributed by atoms with van der Waals surface area (Å²) >= 11 is 0. The van der Waals surface area contributed by atoms with Crippen LogP contribution in [0.2, 0.25) is 0 Å². The van der Waals surface area contributed by atoms with Gasteiger partial charge in [-0.1, -0.05) is 18.2 Å². The first-order valence-corrected chi connectivity index (χ1v) is 10.5. The van der Waals surface area contributed by atoms with Gasteiger partial charge in [-0.2, -0.15) is 4.31 Å². The number of carbonyl (C=O) groups is 2. The summed E-state index contributed by atoms with van der Waals surface area (Å²) in [4.78, 5) is 27.9. The minimum Gasteiger partial charge on any atom is -0.342 e. The highest BCUT2D eigenvalue weighted by Crippen LogP contribution is 2.17. The van der Waals surface area contributed by atoms with Crippen LogP contribution in [0, 0.1) is 0 Å². The van der Waals surface area contributed by atoms with Crippen molar-refractivity contribution < 1.29 is 18.0 Å². The Kier molecular flexibility index (Phi) is 9.35. The summed E-state index contributed by atoms with van der Waals surface area (Å²) in [7, 11) is -1.86. The maximum Gasteiger partial charge on any atom is 0.243 e. The Hall–Kier alpha value is -1.68. The Morgan fingerprint density at radius 1 is 1.11 bits per heavy atom. The molecule has 1 unspecified atom stereocenters. The van der Waals surface area contributed by atoms with Crippen LogP contribution in [0.1, 0.15) is 19.8 Å². The van der Waals surface area contributed by atoms with Crippen LogP contribution in [0.5, 0.6) is 0 Å². The standard InChI is InChI=1S/C18H28N4O4S.ClH/c1-15(14-19)20(2)17(23)8-9-18(24)21-10-12-22(13-11-21)27(25,26)16-6-4-3-5-7-16;/h3-7,15H,8-14,19H2,1-2H3;1H. The van der Waals surface area contributed by atoms with Crippen molar-refractivity contribution in [1.82, 2.24) is 14.1 Å². The fourth-order valence-corrected chi connectivity index (χ4v) is 4.31. The van der Waals surface area contributed by atoms with E-state index in [-0.39, 0.29) is 61.1 Å². The lowest BCUT2D eigenvalue weighted by Gasteiger charge is -2.34. The van der Waals surface area contributed by atoms with Crippen molar-refractivity contribution in [2.24, 2.45) is 5.73 Å². The Morgan fingerprint density at radius 2 is 1.68 bits per heavy atom. The fourth-order valence-electron chi connectivity index (χ4n) is 2.87.